The number of aliphatic hydroxyl groups is 1. The Balaban J connectivity index is 1.74. The smallest absolute Gasteiger partial charge is 0.345 e. The van der Waals surface area contributed by atoms with Gasteiger partial charge < -0.3 is 14.6 Å². The molecule has 0 spiro atoms. The number of carbonyl (C=O) groups excluding carboxylic acids is 2. The topological polar surface area (TPSA) is 72.8 Å². The van der Waals surface area contributed by atoms with Crippen LogP contribution in [0.3, 0.4) is 0 Å². The molecule has 1 N–H and O–H groups in total. The summed E-state index contributed by atoms with van der Waals surface area (Å²) in [5.41, 5.74) is -0.118. The van der Waals surface area contributed by atoms with Crippen LogP contribution in [0.4, 0.5) is 0 Å². The Kier molecular flexibility index (Phi) is 9.16. The minimum absolute atomic E-state index is 0.0960. The van der Waals surface area contributed by atoms with Crippen LogP contribution < -0.4 is 0 Å². The monoisotopic (exact) mass is 366 g/mol. The molecule has 0 aromatic rings. The number of ketones is 1. The van der Waals surface area contributed by atoms with Crippen LogP contribution in [0.15, 0.2) is 11.3 Å². The van der Waals surface area contributed by atoms with Gasteiger partial charge in [0.25, 0.3) is 0 Å². The van der Waals surface area contributed by atoms with Gasteiger partial charge in [-0.15, -0.1) is 0 Å². The van der Waals surface area contributed by atoms with Gasteiger partial charge in [-0.25, -0.2) is 4.79 Å². The SMILES string of the molecule is CCCCCCCCCC1CC(=O)/C(=C(\O)CC2CCOCC2)C(=O)O1. The third kappa shape index (κ3) is 6.75. The van der Waals surface area contributed by atoms with Crippen LogP contribution in [0.25, 0.3) is 0 Å². The van der Waals surface area contributed by atoms with E-state index in [2.05, 4.69) is 6.92 Å². The van der Waals surface area contributed by atoms with E-state index in [4.69, 9.17) is 9.47 Å². The molecule has 2 rings (SSSR count). The van der Waals surface area contributed by atoms with Crippen molar-refractivity contribution in [2.45, 2.75) is 90.1 Å². The quantitative estimate of drug-likeness (QED) is 0.200. The van der Waals surface area contributed by atoms with Crippen LogP contribution >= 0.6 is 0 Å². The van der Waals surface area contributed by atoms with Crippen LogP contribution in [0.2, 0.25) is 0 Å². The molecule has 0 amide bonds. The van der Waals surface area contributed by atoms with Gasteiger partial charge in [0.05, 0.1) is 0 Å². The molecule has 0 aromatic carbocycles. The minimum atomic E-state index is -0.640. The molecule has 1 unspecified atom stereocenters. The number of rotatable bonds is 10. The summed E-state index contributed by atoms with van der Waals surface area (Å²) in [4.78, 5) is 24.6. The summed E-state index contributed by atoms with van der Waals surface area (Å²) in [6, 6.07) is 0. The highest BCUT2D eigenvalue weighted by atomic mass is 16.5. The Bertz CT molecular complexity index is 471. The van der Waals surface area contributed by atoms with E-state index in [0.29, 0.717) is 19.6 Å². The van der Waals surface area contributed by atoms with E-state index >= 15 is 0 Å². The first-order valence-corrected chi connectivity index (χ1v) is 10.4. The summed E-state index contributed by atoms with van der Waals surface area (Å²) >= 11 is 0. The van der Waals surface area contributed by atoms with E-state index in [9.17, 15) is 14.7 Å². The second kappa shape index (κ2) is 11.4. The summed E-state index contributed by atoms with van der Waals surface area (Å²) in [5, 5.41) is 10.3. The molecule has 5 heteroatoms. The van der Waals surface area contributed by atoms with Crippen molar-refractivity contribution in [1.82, 2.24) is 0 Å². The third-order valence-electron chi connectivity index (χ3n) is 5.41. The van der Waals surface area contributed by atoms with Gasteiger partial charge in [-0.05, 0) is 31.6 Å². The average molecular weight is 366 g/mol. The van der Waals surface area contributed by atoms with Crippen molar-refractivity contribution < 1.29 is 24.2 Å². The number of unbranched alkanes of at least 4 members (excludes halogenated alkanes) is 6. The van der Waals surface area contributed by atoms with Crippen molar-refractivity contribution in [1.29, 1.82) is 0 Å². The summed E-state index contributed by atoms with van der Waals surface area (Å²) in [6.07, 6.45) is 11.0. The number of hydrogen-bond acceptors (Lipinski definition) is 5. The van der Waals surface area contributed by atoms with Crippen molar-refractivity contribution in [3.05, 3.63) is 11.3 Å². The van der Waals surface area contributed by atoms with E-state index < -0.39 is 5.97 Å². The summed E-state index contributed by atoms with van der Waals surface area (Å²) in [7, 11) is 0. The van der Waals surface area contributed by atoms with Gasteiger partial charge in [0.15, 0.2) is 5.78 Å². The molecule has 0 aromatic heterocycles. The van der Waals surface area contributed by atoms with Crippen molar-refractivity contribution in [3.63, 3.8) is 0 Å². The number of esters is 1. The Hall–Kier alpha value is -1.36. The maximum Gasteiger partial charge on any atom is 0.345 e. The van der Waals surface area contributed by atoms with E-state index in [1.54, 1.807) is 0 Å². The fourth-order valence-corrected chi connectivity index (χ4v) is 3.77. The predicted octanol–water partition coefficient (Wildman–Crippen LogP) is 4.64. The second-order valence-electron chi connectivity index (χ2n) is 7.65. The van der Waals surface area contributed by atoms with Crippen LogP contribution in [-0.4, -0.2) is 36.2 Å². The zero-order valence-electron chi connectivity index (χ0n) is 16.1. The molecule has 5 nitrogen and oxygen atoms in total. The standard InChI is InChI=1S/C21H34O5/c1-2-3-4-5-6-7-8-9-17-15-19(23)20(21(24)26-17)18(22)14-16-10-12-25-13-11-16/h16-17,22H,2-15H2,1H3/b20-18+. The molecule has 0 radical (unpaired) electrons. The first-order chi connectivity index (χ1) is 12.6. The number of allylic oxidation sites excluding steroid dienone is 1. The van der Waals surface area contributed by atoms with Crippen LogP contribution in [0.1, 0.15) is 84.0 Å². The Morgan fingerprint density at radius 1 is 1.04 bits per heavy atom. The van der Waals surface area contributed by atoms with E-state index in [0.717, 1.165) is 32.1 Å². The van der Waals surface area contributed by atoms with Gasteiger partial charge in [0.1, 0.15) is 17.4 Å². The van der Waals surface area contributed by atoms with Crippen molar-refractivity contribution >= 4 is 11.8 Å². The van der Waals surface area contributed by atoms with Crippen LogP contribution in [0, 0.1) is 5.92 Å². The largest absolute Gasteiger partial charge is 0.511 e. The molecule has 1 atom stereocenters. The molecule has 2 aliphatic heterocycles. The highest BCUT2D eigenvalue weighted by Gasteiger charge is 2.35. The summed E-state index contributed by atoms with van der Waals surface area (Å²) in [6.45, 7) is 3.55. The average Bonchev–Trinajstić information content (AvgIpc) is 2.61. The van der Waals surface area contributed by atoms with Gasteiger partial charge >= 0.3 is 5.97 Å². The number of hydrogen-bond donors (Lipinski definition) is 1. The highest BCUT2D eigenvalue weighted by Crippen LogP contribution is 2.28. The zero-order valence-corrected chi connectivity index (χ0v) is 16.1. The number of aliphatic hydroxyl groups excluding tert-OH is 1. The Labute approximate surface area is 157 Å². The van der Waals surface area contributed by atoms with Crippen molar-refractivity contribution in [2.24, 2.45) is 5.92 Å². The van der Waals surface area contributed by atoms with Crippen molar-refractivity contribution in [3.8, 4) is 0 Å². The molecule has 2 heterocycles. The van der Waals surface area contributed by atoms with Crippen LogP contribution in [-0.2, 0) is 19.1 Å². The van der Waals surface area contributed by atoms with Gasteiger partial charge in [0, 0.05) is 26.1 Å². The predicted molar refractivity (Wildman–Crippen MR) is 99.9 cm³/mol. The molecule has 2 saturated heterocycles. The summed E-state index contributed by atoms with van der Waals surface area (Å²) in [5.74, 6) is -0.735. The first kappa shape index (κ1) is 20.9. The van der Waals surface area contributed by atoms with Gasteiger partial charge in [0.2, 0.25) is 0 Å². The van der Waals surface area contributed by atoms with Crippen molar-refractivity contribution in [2.75, 3.05) is 13.2 Å². The maximum atomic E-state index is 12.4. The Morgan fingerprint density at radius 2 is 1.69 bits per heavy atom. The lowest BCUT2D eigenvalue weighted by Gasteiger charge is -2.25. The number of carbonyl (C=O) groups is 2. The number of cyclic esters (lactones) is 1. The Morgan fingerprint density at radius 3 is 2.35 bits per heavy atom. The van der Waals surface area contributed by atoms with E-state index in [1.807, 2.05) is 0 Å². The first-order valence-electron chi connectivity index (χ1n) is 10.4. The lowest BCUT2D eigenvalue weighted by atomic mass is 9.91. The fourth-order valence-electron chi connectivity index (χ4n) is 3.77. The zero-order chi connectivity index (χ0) is 18.8. The molecule has 2 fully saturated rings. The normalized spacial score (nSPS) is 23.8. The van der Waals surface area contributed by atoms with E-state index in [-0.39, 0.29) is 35.6 Å². The molecule has 2 aliphatic rings. The molecular formula is C21H34O5. The van der Waals surface area contributed by atoms with Crippen LogP contribution in [0.5, 0.6) is 0 Å². The third-order valence-corrected chi connectivity index (χ3v) is 5.41. The molecule has 0 aliphatic carbocycles. The van der Waals surface area contributed by atoms with Gasteiger partial charge in [-0.1, -0.05) is 45.4 Å². The molecular weight excluding hydrogens is 332 g/mol. The van der Waals surface area contributed by atoms with Gasteiger partial charge in [-0.2, -0.15) is 0 Å². The van der Waals surface area contributed by atoms with E-state index in [1.165, 1.54) is 32.1 Å². The number of ether oxygens (including phenoxy) is 2. The highest BCUT2D eigenvalue weighted by molar-refractivity contribution is 6.19. The molecule has 0 bridgehead atoms. The molecule has 148 valence electrons. The minimum Gasteiger partial charge on any atom is -0.511 e. The number of Topliss-reactive ketones (excluding diaryl/α,β-unsaturated/α-hetero) is 1. The molecule has 0 saturated carbocycles. The fraction of sp³-hybridized carbons (Fsp3) is 0.810. The summed E-state index contributed by atoms with van der Waals surface area (Å²) < 4.78 is 10.7. The van der Waals surface area contributed by atoms with Gasteiger partial charge in [-0.3, -0.25) is 4.79 Å². The second-order valence-corrected chi connectivity index (χ2v) is 7.65. The maximum absolute atomic E-state index is 12.4. The lowest BCUT2D eigenvalue weighted by molar-refractivity contribution is -0.151. The molecule has 26 heavy (non-hydrogen) atoms. The lowest BCUT2D eigenvalue weighted by Crippen LogP contribution is -2.33.